The van der Waals surface area contributed by atoms with E-state index in [0.29, 0.717) is 38.5 Å². The first-order valence-electron chi connectivity index (χ1n) is 8.99. The minimum Gasteiger partial charge on any atom is -0.382 e. The number of nitro benzene ring substituents is 1. The van der Waals surface area contributed by atoms with Crippen LogP contribution in [0.2, 0.25) is 0 Å². The fraction of sp³-hybridized carbons (Fsp3) is 0.611. The Morgan fingerprint density at radius 2 is 2.04 bits per heavy atom. The van der Waals surface area contributed by atoms with Gasteiger partial charge in [-0.1, -0.05) is 0 Å². The van der Waals surface area contributed by atoms with E-state index in [0.717, 1.165) is 25.7 Å². The third-order valence-corrected chi connectivity index (χ3v) is 5.27. The molecule has 2 aliphatic heterocycles. The highest BCUT2D eigenvalue weighted by Gasteiger charge is 2.33. The molecule has 0 bridgehead atoms. The van der Waals surface area contributed by atoms with Crippen molar-refractivity contribution in [2.45, 2.75) is 31.3 Å². The number of hydrogen-bond acceptors (Lipinski definition) is 6. The van der Waals surface area contributed by atoms with Gasteiger partial charge in [0.2, 0.25) is 0 Å². The van der Waals surface area contributed by atoms with Crippen molar-refractivity contribution in [3.05, 3.63) is 33.9 Å². The summed E-state index contributed by atoms with van der Waals surface area (Å²) in [5.74, 6) is -0.273. The van der Waals surface area contributed by atoms with E-state index in [9.17, 15) is 14.9 Å². The molecule has 1 aromatic rings. The highest BCUT2D eigenvalue weighted by Crippen LogP contribution is 2.28. The normalized spacial score (nSPS) is 19.3. The Balaban J connectivity index is 1.78. The van der Waals surface area contributed by atoms with Crippen molar-refractivity contribution >= 4 is 17.3 Å². The lowest BCUT2D eigenvalue weighted by molar-refractivity contribution is -0.385. The van der Waals surface area contributed by atoms with E-state index in [1.54, 1.807) is 24.1 Å². The number of likely N-dealkylation sites (tertiary alicyclic amines) is 1. The zero-order chi connectivity index (χ0) is 18.6. The molecule has 2 heterocycles. The third kappa shape index (κ3) is 3.96. The van der Waals surface area contributed by atoms with E-state index in [-0.39, 0.29) is 22.8 Å². The minimum absolute atomic E-state index is 0.139. The molecule has 8 heteroatoms. The Bertz CT molecular complexity index is 667. The van der Waals surface area contributed by atoms with Gasteiger partial charge in [0.1, 0.15) is 5.56 Å². The van der Waals surface area contributed by atoms with Crippen LogP contribution >= 0.6 is 0 Å². The van der Waals surface area contributed by atoms with Crippen LogP contribution in [0.15, 0.2) is 18.2 Å². The number of amides is 1. The molecule has 0 aromatic heterocycles. The lowest BCUT2D eigenvalue weighted by atomic mass is 9.94. The topological polar surface area (TPSA) is 93.9 Å². The molecule has 2 aliphatic rings. The molecule has 3 rings (SSSR count). The molecule has 2 saturated heterocycles. The predicted octanol–water partition coefficient (Wildman–Crippen LogP) is 2.44. The first-order valence-corrected chi connectivity index (χ1v) is 8.99. The predicted molar refractivity (Wildman–Crippen MR) is 96.5 cm³/mol. The van der Waals surface area contributed by atoms with Crippen LogP contribution in [-0.4, -0.2) is 61.3 Å². The van der Waals surface area contributed by atoms with Gasteiger partial charge < -0.3 is 19.7 Å². The Morgan fingerprint density at radius 1 is 1.35 bits per heavy atom. The molecule has 142 valence electrons. The number of anilines is 1. The Morgan fingerprint density at radius 3 is 2.65 bits per heavy atom. The minimum atomic E-state index is -0.498. The van der Waals surface area contributed by atoms with Crippen molar-refractivity contribution in [1.82, 2.24) is 4.90 Å². The number of benzene rings is 1. The first kappa shape index (κ1) is 18.6. The second-order valence-electron chi connectivity index (χ2n) is 6.84. The van der Waals surface area contributed by atoms with E-state index in [1.165, 1.54) is 6.07 Å². The number of ether oxygens (including phenoxy) is 2. The van der Waals surface area contributed by atoms with Crippen LogP contribution < -0.4 is 5.32 Å². The number of hydrogen-bond donors (Lipinski definition) is 1. The summed E-state index contributed by atoms with van der Waals surface area (Å²) in [6.45, 7) is 3.16. The molecule has 8 nitrogen and oxygen atoms in total. The molecular formula is C18H25N3O5. The fourth-order valence-corrected chi connectivity index (χ4v) is 3.53. The molecule has 0 aliphatic carbocycles. The van der Waals surface area contributed by atoms with Gasteiger partial charge in [0.25, 0.3) is 11.6 Å². The van der Waals surface area contributed by atoms with Crippen LogP contribution in [0.1, 0.15) is 36.0 Å². The van der Waals surface area contributed by atoms with Crippen LogP contribution in [-0.2, 0) is 9.47 Å². The maximum atomic E-state index is 12.7. The summed E-state index contributed by atoms with van der Waals surface area (Å²) < 4.78 is 11.1. The SMILES string of the molecule is COC1(CNc2ccc([N+](=O)[O-])c(C(=O)N3CCCC3)c2)CCOCC1. The standard InChI is InChI=1S/C18H25N3O5/c1-25-18(6-10-26-11-7-18)13-19-14-4-5-16(21(23)24)15(12-14)17(22)20-8-2-3-9-20/h4-5,12,19H,2-3,6-11,13H2,1H3. The molecular weight excluding hydrogens is 338 g/mol. The van der Waals surface area contributed by atoms with Crippen molar-refractivity contribution in [3.8, 4) is 0 Å². The summed E-state index contributed by atoms with van der Waals surface area (Å²) in [6, 6.07) is 4.62. The average molecular weight is 363 g/mol. The monoisotopic (exact) mass is 363 g/mol. The Kier molecular flexibility index (Phi) is 5.73. The van der Waals surface area contributed by atoms with Gasteiger partial charge >= 0.3 is 0 Å². The molecule has 0 radical (unpaired) electrons. The summed E-state index contributed by atoms with van der Waals surface area (Å²) >= 11 is 0. The van der Waals surface area contributed by atoms with Crippen molar-refractivity contribution in [2.24, 2.45) is 0 Å². The van der Waals surface area contributed by atoms with Crippen LogP contribution in [0.3, 0.4) is 0 Å². The molecule has 1 N–H and O–H groups in total. The van der Waals surface area contributed by atoms with Gasteiger partial charge in [-0.05, 0) is 25.0 Å². The van der Waals surface area contributed by atoms with E-state index in [1.807, 2.05) is 0 Å². The van der Waals surface area contributed by atoms with Crippen molar-refractivity contribution < 1.29 is 19.2 Å². The first-order chi connectivity index (χ1) is 12.5. The zero-order valence-corrected chi connectivity index (χ0v) is 15.0. The van der Waals surface area contributed by atoms with Crippen LogP contribution in [0.5, 0.6) is 0 Å². The average Bonchev–Trinajstić information content (AvgIpc) is 3.21. The van der Waals surface area contributed by atoms with Crippen LogP contribution in [0, 0.1) is 10.1 Å². The van der Waals surface area contributed by atoms with Crippen molar-refractivity contribution in [1.29, 1.82) is 0 Å². The Hall–Kier alpha value is -2.19. The summed E-state index contributed by atoms with van der Waals surface area (Å²) in [4.78, 5) is 25.2. The van der Waals surface area contributed by atoms with Gasteiger partial charge in [-0.2, -0.15) is 0 Å². The molecule has 0 saturated carbocycles. The molecule has 2 fully saturated rings. The lowest BCUT2D eigenvalue weighted by Crippen LogP contribution is -2.44. The molecule has 26 heavy (non-hydrogen) atoms. The van der Waals surface area contributed by atoms with Crippen LogP contribution in [0.4, 0.5) is 11.4 Å². The number of nitrogens with one attached hydrogen (secondary N) is 1. The molecule has 0 spiro atoms. The zero-order valence-electron chi connectivity index (χ0n) is 15.0. The maximum absolute atomic E-state index is 12.7. The Labute approximate surface area is 152 Å². The summed E-state index contributed by atoms with van der Waals surface area (Å²) in [7, 11) is 1.69. The second kappa shape index (κ2) is 8.01. The summed E-state index contributed by atoms with van der Waals surface area (Å²) in [5.41, 5.74) is 0.348. The number of carbonyl (C=O) groups is 1. The van der Waals surface area contributed by atoms with Gasteiger partial charge in [0, 0.05) is 64.6 Å². The molecule has 0 unspecified atom stereocenters. The molecule has 1 amide bonds. The highest BCUT2D eigenvalue weighted by molar-refractivity contribution is 5.99. The van der Waals surface area contributed by atoms with E-state index in [4.69, 9.17) is 9.47 Å². The maximum Gasteiger partial charge on any atom is 0.282 e. The molecule has 1 aromatic carbocycles. The van der Waals surface area contributed by atoms with Gasteiger partial charge in [0.05, 0.1) is 10.5 Å². The van der Waals surface area contributed by atoms with Gasteiger partial charge in [-0.25, -0.2) is 0 Å². The molecule has 0 atom stereocenters. The summed E-state index contributed by atoms with van der Waals surface area (Å²) in [5, 5.41) is 14.6. The second-order valence-corrected chi connectivity index (χ2v) is 6.84. The fourth-order valence-electron chi connectivity index (χ4n) is 3.53. The van der Waals surface area contributed by atoms with Gasteiger partial charge in [-0.3, -0.25) is 14.9 Å². The van der Waals surface area contributed by atoms with Crippen molar-refractivity contribution in [3.63, 3.8) is 0 Å². The quantitative estimate of drug-likeness (QED) is 0.616. The number of carbonyl (C=O) groups excluding carboxylic acids is 1. The van der Waals surface area contributed by atoms with E-state index < -0.39 is 4.92 Å². The smallest absolute Gasteiger partial charge is 0.282 e. The van der Waals surface area contributed by atoms with Gasteiger partial charge in [0.15, 0.2) is 0 Å². The number of nitrogens with zero attached hydrogens (tertiary/aromatic N) is 2. The number of rotatable bonds is 6. The third-order valence-electron chi connectivity index (χ3n) is 5.27. The van der Waals surface area contributed by atoms with Crippen molar-refractivity contribution in [2.75, 3.05) is 45.3 Å². The lowest BCUT2D eigenvalue weighted by Gasteiger charge is -2.36. The van der Waals surface area contributed by atoms with E-state index >= 15 is 0 Å². The van der Waals surface area contributed by atoms with Crippen LogP contribution in [0.25, 0.3) is 0 Å². The largest absolute Gasteiger partial charge is 0.382 e. The highest BCUT2D eigenvalue weighted by atomic mass is 16.6. The number of methoxy groups -OCH3 is 1. The van der Waals surface area contributed by atoms with E-state index in [2.05, 4.69) is 5.32 Å². The van der Waals surface area contributed by atoms with Gasteiger partial charge in [-0.15, -0.1) is 0 Å². The summed E-state index contributed by atoms with van der Waals surface area (Å²) in [6.07, 6.45) is 3.44. The number of nitro groups is 1.